The van der Waals surface area contributed by atoms with E-state index in [1.807, 2.05) is 19.9 Å². The van der Waals surface area contributed by atoms with Crippen LogP contribution in [0.1, 0.15) is 31.4 Å². The van der Waals surface area contributed by atoms with Gasteiger partial charge in [0.1, 0.15) is 12.3 Å². The van der Waals surface area contributed by atoms with Crippen LogP contribution in [0.3, 0.4) is 0 Å². The van der Waals surface area contributed by atoms with E-state index in [0.717, 1.165) is 5.56 Å². The molecule has 1 fully saturated rings. The summed E-state index contributed by atoms with van der Waals surface area (Å²) in [5.74, 6) is 3.20. The highest BCUT2D eigenvalue weighted by Gasteiger charge is 2.32. The number of rotatable bonds is 9. The van der Waals surface area contributed by atoms with Gasteiger partial charge in [-0.1, -0.05) is 18.9 Å². The average molecular weight is 368 g/mol. The zero-order chi connectivity index (χ0) is 19.8. The second kappa shape index (κ2) is 9.48. The highest BCUT2D eigenvalue weighted by atomic mass is 16.5. The molecule has 1 aliphatic heterocycles. The maximum Gasteiger partial charge on any atom is 0.329 e. The first-order valence-electron chi connectivity index (χ1n) is 8.87. The molecule has 142 valence electrons. The Morgan fingerprint density at radius 3 is 2.70 bits per heavy atom. The Hall–Kier alpha value is -3.20. The Bertz CT molecular complexity index is 805. The van der Waals surface area contributed by atoms with E-state index in [4.69, 9.17) is 15.9 Å². The number of nitrogens with zero attached hydrogens (tertiary/aromatic N) is 1. The highest BCUT2D eigenvalue weighted by Crippen LogP contribution is 2.34. The fourth-order valence-electron chi connectivity index (χ4n) is 2.78. The molecule has 1 N–H and O–H groups in total. The number of benzene rings is 1. The van der Waals surface area contributed by atoms with Crippen LogP contribution in [0.25, 0.3) is 6.08 Å². The van der Waals surface area contributed by atoms with Crippen molar-refractivity contribution in [3.8, 4) is 23.8 Å². The topological polar surface area (TPSA) is 67.9 Å². The van der Waals surface area contributed by atoms with Crippen LogP contribution in [-0.2, 0) is 11.2 Å². The quantitative estimate of drug-likeness (QED) is 0.315. The molecule has 1 aromatic rings. The maximum absolute atomic E-state index is 12.4. The van der Waals surface area contributed by atoms with Crippen molar-refractivity contribution in [3.05, 3.63) is 41.6 Å². The van der Waals surface area contributed by atoms with Crippen LogP contribution in [-0.4, -0.2) is 36.6 Å². The molecule has 0 bridgehead atoms. The maximum atomic E-state index is 12.4. The predicted molar refractivity (Wildman–Crippen MR) is 104 cm³/mol. The van der Waals surface area contributed by atoms with Gasteiger partial charge in [0.05, 0.1) is 6.61 Å². The van der Waals surface area contributed by atoms with Gasteiger partial charge in [-0.25, -0.2) is 4.79 Å². The van der Waals surface area contributed by atoms with Gasteiger partial charge in [0.2, 0.25) is 0 Å². The molecule has 0 radical (unpaired) electrons. The first-order valence-corrected chi connectivity index (χ1v) is 8.87. The highest BCUT2D eigenvalue weighted by molar-refractivity contribution is 6.14. The van der Waals surface area contributed by atoms with Crippen molar-refractivity contribution in [1.29, 1.82) is 0 Å². The minimum Gasteiger partial charge on any atom is -0.490 e. The molecule has 3 amide bonds. The van der Waals surface area contributed by atoms with Crippen LogP contribution in [0, 0.1) is 12.3 Å². The second-order valence-electron chi connectivity index (χ2n) is 5.87. The van der Waals surface area contributed by atoms with Gasteiger partial charge in [-0.05, 0) is 43.5 Å². The summed E-state index contributed by atoms with van der Waals surface area (Å²) in [7, 11) is 0. The van der Waals surface area contributed by atoms with Crippen molar-refractivity contribution < 1.29 is 19.1 Å². The summed E-state index contributed by atoms with van der Waals surface area (Å²) >= 11 is 0. The predicted octanol–water partition coefficient (Wildman–Crippen LogP) is 3.13. The van der Waals surface area contributed by atoms with Gasteiger partial charge in [-0.3, -0.25) is 9.69 Å². The van der Waals surface area contributed by atoms with Crippen molar-refractivity contribution in [2.75, 3.05) is 19.8 Å². The number of amides is 3. The van der Waals surface area contributed by atoms with E-state index >= 15 is 0 Å². The van der Waals surface area contributed by atoms with E-state index in [1.165, 1.54) is 4.90 Å². The largest absolute Gasteiger partial charge is 0.490 e. The molecular formula is C21H24N2O4. The fraction of sp³-hybridized carbons (Fsp3) is 0.333. The molecule has 2 rings (SSSR count). The molecule has 1 aliphatic rings. The van der Waals surface area contributed by atoms with Gasteiger partial charge in [0, 0.05) is 12.1 Å². The fourth-order valence-corrected chi connectivity index (χ4v) is 2.78. The van der Waals surface area contributed by atoms with E-state index in [9.17, 15) is 9.59 Å². The summed E-state index contributed by atoms with van der Waals surface area (Å²) in [6.07, 6.45) is 9.92. The number of hydrogen-bond acceptors (Lipinski definition) is 4. The standard InChI is InChI=1S/C21H24N2O4/c1-5-9-16-12-15(14-18(26-8-4)19(16)27-11-7-3)13-17-20(24)23(10-6-2)21(25)22-17/h3,5,12-14H,1,6,8-11H2,2,4H3,(H,22,25)/b17-13+. The van der Waals surface area contributed by atoms with Gasteiger partial charge < -0.3 is 14.8 Å². The molecular weight excluding hydrogens is 344 g/mol. The Labute approximate surface area is 159 Å². The second-order valence-corrected chi connectivity index (χ2v) is 5.87. The molecule has 6 heteroatoms. The third-order valence-electron chi connectivity index (χ3n) is 3.84. The van der Waals surface area contributed by atoms with E-state index in [2.05, 4.69) is 17.8 Å². The third kappa shape index (κ3) is 4.70. The van der Waals surface area contributed by atoms with Crippen molar-refractivity contribution in [1.82, 2.24) is 10.2 Å². The third-order valence-corrected chi connectivity index (χ3v) is 3.84. The van der Waals surface area contributed by atoms with Crippen LogP contribution >= 0.6 is 0 Å². The number of allylic oxidation sites excluding steroid dienone is 1. The van der Waals surface area contributed by atoms with Crippen molar-refractivity contribution in [3.63, 3.8) is 0 Å². The van der Waals surface area contributed by atoms with Crippen LogP contribution < -0.4 is 14.8 Å². The number of urea groups is 1. The minimum atomic E-state index is -0.404. The van der Waals surface area contributed by atoms with Crippen molar-refractivity contribution in [2.24, 2.45) is 0 Å². The number of nitrogens with one attached hydrogen (secondary N) is 1. The van der Waals surface area contributed by atoms with Crippen LogP contribution in [0.15, 0.2) is 30.5 Å². The molecule has 0 unspecified atom stereocenters. The number of carbonyl (C=O) groups excluding carboxylic acids is 2. The number of terminal acetylenes is 1. The van der Waals surface area contributed by atoms with Crippen LogP contribution in [0.4, 0.5) is 4.79 Å². The van der Waals surface area contributed by atoms with Gasteiger partial charge in [0.15, 0.2) is 11.5 Å². The lowest BCUT2D eigenvalue weighted by Gasteiger charge is -2.15. The molecule has 1 aromatic carbocycles. The van der Waals surface area contributed by atoms with E-state index < -0.39 is 6.03 Å². The minimum absolute atomic E-state index is 0.116. The summed E-state index contributed by atoms with van der Waals surface area (Å²) in [5.41, 5.74) is 1.78. The summed E-state index contributed by atoms with van der Waals surface area (Å²) in [6, 6.07) is 3.22. The Kier molecular flexibility index (Phi) is 7.07. The lowest BCUT2D eigenvalue weighted by molar-refractivity contribution is -0.122. The first-order chi connectivity index (χ1) is 13.0. The summed E-state index contributed by atoms with van der Waals surface area (Å²) in [5, 5.41) is 2.62. The van der Waals surface area contributed by atoms with Gasteiger partial charge in [-0.2, -0.15) is 0 Å². The summed E-state index contributed by atoms with van der Waals surface area (Å²) in [4.78, 5) is 25.6. The monoisotopic (exact) mass is 368 g/mol. The average Bonchev–Trinajstić information content (AvgIpc) is 2.89. The summed E-state index contributed by atoms with van der Waals surface area (Å²) < 4.78 is 11.4. The van der Waals surface area contributed by atoms with E-state index in [-0.39, 0.29) is 18.2 Å². The molecule has 1 heterocycles. The Morgan fingerprint density at radius 2 is 2.07 bits per heavy atom. The van der Waals surface area contributed by atoms with Gasteiger partial charge in [0.25, 0.3) is 5.91 Å². The zero-order valence-electron chi connectivity index (χ0n) is 15.7. The normalized spacial score (nSPS) is 14.9. The zero-order valence-corrected chi connectivity index (χ0v) is 15.7. The lowest BCUT2D eigenvalue weighted by Crippen LogP contribution is -2.31. The molecule has 0 atom stereocenters. The molecule has 0 spiro atoms. The number of ether oxygens (including phenoxy) is 2. The smallest absolute Gasteiger partial charge is 0.329 e. The lowest BCUT2D eigenvalue weighted by atomic mass is 10.0. The summed E-state index contributed by atoms with van der Waals surface area (Å²) in [6.45, 7) is 8.49. The first kappa shape index (κ1) is 20.1. The molecule has 0 aliphatic carbocycles. The molecule has 0 aromatic heterocycles. The Morgan fingerprint density at radius 1 is 1.30 bits per heavy atom. The number of imide groups is 1. The van der Waals surface area contributed by atoms with Crippen LogP contribution in [0.5, 0.6) is 11.5 Å². The molecule has 6 nitrogen and oxygen atoms in total. The van der Waals surface area contributed by atoms with Gasteiger partial charge >= 0.3 is 6.03 Å². The van der Waals surface area contributed by atoms with E-state index in [1.54, 1.807) is 18.2 Å². The molecule has 27 heavy (non-hydrogen) atoms. The number of hydrogen-bond donors (Lipinski definition) is 1. The van der Waals surface area contributed by atoms with Crippen LogP contribution in [0.2, 0.25) is 0 Å². The van der Waals surface area contributed by atoms with Crippen molar-refractivity contribution >= 4 is 18.0 Å². The van der Waals surface area contributed by atoms with Crippen molar-refractivity contribution in [2.45, 2.75) is 26.7 Å². The number of carbonyl (C=O) groups is 2. The van der Waals surface area contributed by atoms with Gasteiger partial charge in [-0.15, -0.1) is 13.0 Å². The van der Waals surface area contributed by atoms with E-state index in [0.29, 0.717) is 43.1 Å². The molecule has 0 saturated carbocycles. The Balaban J connectivity index is 2.45. The SMILES string of the molecule is C#CCOc1c(CC=C)cc(/C=C2/NC(=O)N(CCC)C2=O)cc1OCC. The molecule has 1 saturated heterocycles.